The lowest BCUT2D eigenvalue weighted by atomic mass is 9.95. The number of rotatable bonds is 5. The van der Waals surface area contributed by atoms with Gasteiger partial charge in [-0.25, -0.2) is 0 Å². The Labute approximate surface area is 136 Å². The van der Waals surface area contributed by atoms with Crippen molar-refractivity contribution in [3.8, 4) is 0 Å². The van der Waals surface area contributed by atoms with Crippen molar-refractivity contribution in [1.82, 2.24) is 10.2 Å². The summed E-state index contributed by atoms with van der Waals surface area (Å²) in [7, 11) is 3.48. The summed E-state index contributed by atoms with van der Waals surface area (Å²) in [5.74, 6) is 0.376. The maximum Gasteiger partial charge on any atom is 0.252 e. The number of nitrogens with zero attached hydrogens (tertiary/aromatic N) is 1. The highest BCUT2D eigenvalue weighted by Crippen LogP contribution is 2.24. The maximum absolute atomic E-state index is 12.5. The Kier molecular flexibility index (Phi) is 6.31. The van der Waals surface area contributed by atoms with Gasteiger partial charge in [-0.05, 0) is 25.0 Å². The van der Waals surface area contributed by atoms with E-state index in [0.29, 0.717) is 17.4 Å². The second-order valence-electron chi connectivity index (χ2n) is 5.88. The summed E-state index contributed by atoms with van der Waals surface area (Å²) >= 11 is 1.42. The fourth-order valence-corrected chi connectivity index (χ4v) is 3.59. The van der Waals surface area contributed by atoms with E-state index >= 15 is 0 Å². The van der Waals surface area contributed by atoms with Gasteiger partial charge in [0.25, 0.3) is 5.91 Å². The van der Waals surface area contributed by atoms with Crippen LogP contribution in [0, 0.1) is 0 Å². The van der Waals surface area contributed by atoms with Crippen molar-refractivity contribution in [2.75, 3.05) is 19.8 Å². The summed E-state index contributed by atoms with van der Waals surface area (Å²) in [6, 6.07) is 7.81. The zero-order chi connectivity index (χ0) is 15.9. The van der Waals surface area contributed by atoms with Crippen LogP contribution in [0.15, 0.2) is 29.2 Å². The second kappa shape index (κ2) is 8.22. The van der Waals surface area contributed by atoms with Gasteiger partial charge in [0.1, 0.15) is 0 Å². The van der Waals surface area contributed by atoms with Crippen molar-refractivity contribution >= 4 is 23.6 Å². The van der Waals surface area contributed by atoms with Crippen LogP contribution in [0.4, 0.5) is 0 Å². The molecular weight excluding hydrogens is 296 g/mol. The van der Waals surface area contributed by atoms with Crippen molar-refractivity contribution in [3.05, 3.63) is 29.8 Å². The third-order valence-electron chi connectivity index (χ3n) is 3.92. The molecule has 4 nitrogen and oxygen atoms in total. The highest BCUT2D eigenvalue weighted by molar-refractivity contribution is 8.00. The number of thioether (sulfide) groups is 1. The topological polar surface area (TPSA) is 49.4 Å². The fraction of sp³-hybridized carbons (Fsp3) is 0.529. The molecule has 1 aliphatic rings. The van der Waals surface area contributed by atoms with Crippen LogP contribution >= 0.6 is 11.8 Å². The standard InChI is InChI=1S/C17H24N2O2S/c1-19(2)16(20)12-22-15-11-7-6-10-14(15)17(21)18-13-8-4-3-5-9-13/h6-7,10-11,13H,3-5,8-9,12H2,1-2H3,(H,18,21). The monoisotopic (exact) mass is 320 g/mol. The molecule has 0 radical (unpaired) electrons. The Bertz CT molecular complexity index is 525. The Hall–Kier alpha value is -1.49. The summed E-state index contributed by atoms with van der Waals surface area (Å²) in [6.45, 7) is 0. The van der Waals surface area contributed by atoms with Crippen molar-refractivity contribution in [3.63, 3.8) is 0 Å². The van der Waals surface area contributed by atoms with Gasteiger partial charge in [0, 0.05) is 25.0 Å². The first kappa shape index (κ1) is 16.9. The Balaban J connectivity index is 2.00. The minimum absolute atomic E-state index is 0.0210. The zero-order valence-corrected chi connectivity index (χ0v) is 14.1. The number of benzene rings is 1. The SMILES string of the molecule is CN(C)C(=O)CSc1ccccc1C(=O)NC1CCCCC1. The van der Waals surface area contributed by atoms with Crippen LogP contribution in [-0.4, -0.2) is 42.6 Å². The average Bonchev–Trinajstić information content (AvgIpc) is 2.53. The summed E-state index contributed by atoms with van der Waals surface area (Å²) < 4.78 is 0. The van der Waals surface area contributed by atoms with Gasteiger partial charge in [0.15, 0.2) is 0 Å². The molecule has 0 aromatic heterocycles. The number of nitrogens with one attached hydrogen (secondary N) is 1. The van der Waals surface area contributed by atoms with Gasteiger partial charge in [0.2, 0.25) is 5.91 Å². The fourth-order valence-electron chi connectivity index (χ4n) is 2.56. The molecule has 2 rings (SSSR count). The van der Waals surface area contributed by atoms with Gasteiger partial charge in [-0.15, -0.1) is 11.8 Å². The van der Waals surface area contributed by atoms with E-state index in [-0.39, 0.29) is 11.8 Å². The van der Waals surface area contributed by atoms with E-state index in [4.69, 9.17) is 0 Å². The molecule has 22 heavy (non-hydrogen) atoms. The molecule has 0 heterocycles. The quantitative estimate of drug-likeness (QED) is 0.849. The summed E-state index contributed by atoms with van der Waals surface area (Å²) in [4.78, 5) is 26.6. The van der Waals surface area contributed by atoms with Crippen molar-refractivity contribution < 1.29 is 9.59 Å². The third kappa shape index (κ3) is 4.77. The highest BCUT2D eigenvalue weighted by Gasteiger charge is 2.19. The molecule has 0 bridgehead atoms. The van der Waals surface area contributed by atoms with Crippen LogP contribution < -0.4 is 5.32 Å². The predicted molar refractivity (Wildman–Crippen MR) is 90.2 cm³/mol. The van der Waals surface area contributed by atoms with E-state index in [1.54, 1.807) is 19.0 Å². The average molecular weight is 320 g/mol. The van der Waals surface area contributed by atoms with Gasteiger partial charge in [0.05, 0.1) is 11.3 Å². The van der Waals surface area contributed by atoms with Crippen LogP contribution in [0.1, 0.15) is 42.5 Å². The first-order chi connectivity index (χ1) is 10.6. The molecule has 1 aromatic rings. The van der Waals surface area contributed by atoms with Crippen molar-refractivity contribution in [2.45, 2.75) is 43.0 Å². The van der Waals surface area contributed by atoms with Crippen LogP contribution in [0.25, 0.3) is 0 Å². The molecule has 2 amide bonds. The number of hydrogen-bond donors (Lipinski definition) is 1. The van der Waals surface area contributed by atoms with Crippen LogP contribution in [0.2, 0.25) is 0 Å². The van der Waals surface area contributed by atoms with Crippen molar-refractivity contribution in [2.24, 2.45) is 0 Å². The molecule has 120 valence electrons. The smallest absolute Gasteiger partial charge is 0.252 e. The van der Waals surface area contributed by atoms with Gasteiger partial charge in [-0.2, -0.15) is 0 Å². The molecular formula is C17H24N2O2S. The van der Waals surface area contributed by atoms with E-state index in [0.717, 1.165) is 17.7 Å². The van der Waals surface area contributed by atoms with E-state index < -0.39 is 0 Å². The van der Waals surface area contributed by atoms with Crippen molar-refractivity contribution in [1.29, 1.82) is 0 Å². The van der Waals surface area contributed by atoms with Gasteiger partial charge < -0.3 is 10.2 Å². The largest absolute Gasteiger partial charge is 0.349 e. The molecule has 1 aliphatic carbocycles. The van der Waals surface area contributed by atoms with Crippen LogP contribution in [0.3, 0.4) is 0 Å². The Morgan fingerprint density at radius 1 is 1.18 bits per heavy atom. The molecule has 1 aromatic carbocycles. The zero-order valence-electron chi connectivity index (χ0n) is 13.3. The van der Waals surface area contributed by atoms with Crippen LogP contribution in [-0.2, 0) is 4.79 Å². The van der Waals surface area contributed by atoms with Gasteiger partial charge in [-0.3, -0.25) is 9.59 Å². The predicted octanol–water partition coefficient (Wildman–Crippen LogP) is 2.93. The second-order valence-corrected chi connectivity index (χ2v) is 6.90. The van der Waals surface area contributed by atoms with E-state index in [2.05, 4.69) is 5.32 Å². The molecule has 0 aliphatic heterocycles. The molecule has 0 spiro atoms. The molecule has 1 saturated carbocycles. The van der Waals surface area contributed by atoms with Crippen LogP contribution in [0.5, 0.6) is 0 Å². The van der Waals surface area contributed by atoms with Gasteiger partial charge in [-0.1, -0.05) is 31.4 Å². The minimum Gasteiger partial charge on any atom is -0.349 e. The number of carbonyl (C=O) groups excluding carboxylic acids is 2. The minimum atomic E-state index is -0.0210. The Morgan fingerprint density at radius 2 is 1.86 bits per heavy atom. The lowest BCUT2D eigenvalue weighted by Gasteiger charge is -2.23. The van der Waals surface area contributed by atoms with Gasteiger partial charge >= 0.3 is 0 Å². The summed E-state index contributed by atoms with van der Waals surface area (Å²) in [5.41, 5.74) is 0.671. The van der Waals surface area contributed by atoms with E-state index in [1.807, 2.05) is 24.3 Å². The molecule has 0 atom stereocenters. The normalized spacial score (nSPS) is 15.4. The third-order valence-corrected chi connectivity index (χ3v) is 4.98. The molecule has 0 unspecified atom stereocenters. The number of amides is 2. The maximum atomic E-state index is 12.5. The molecule has 1 N–H and O–H groups in total. The molecule has 5 heteroatoms. The summed E-state index contributed by atoms with van der Waals surface area (Å²) in [5, 5.41) is 3.14. The number of hydrogen-bond acceptors (Lipinski definition) is 3. The number of carbonyl (C=O) groups is 2. The van der Waals surface area contributed by atoms with E-state index in [9.17, 15) is 9.59 Å². The first-order valence-corrected chi connectivity index (χ1v) is 8.79. The Morgan fingerprint density at radius 3 is 2.55 bits per heavy atom. The first-order valence-electron chi connectivity index (χ1n) is 7.81. The summed E-state index contributed by atoms with van der Waals surface area (Å²) in [6.07, 6.45) is 5.79. The van der Waals surface area contributed by atoms with E-state index in [1.165, 1.54) is 31.0 Å². The highest BCUT2D eigenvalue weighted by atomic mass is 32.2. The lowest BCUT2D eigenvalue weighted by Crippen LogP contribution is -2.36. The molecule has 1 fully saturated rings. The lowest BCUT2D eigenvalue weighted by molar-refractivity contribution is -0.125. The molecule has 0 saturated heterocycles.